The second kappa shape index (κ2) is 14.0. The topological polar surface area (TPSA) is 105 Å². The Labute approximate surface area is 252 Å². The van der Waals surface area contributed by atoms with Crippen LogP contribution in [0.4, 0.5) is 5.69 Å². The number of hydrogen-bond acceptors (Lipinski definition) is 6. The SMILES string of the molecule is CCC(C(=O)NC1CCCCC1)N(Cc1ccc(Cl)cc1Cl)C(=O)CN(c1ccc2c(c1)OCCO2)S(=O)(=O)CC. The summed E-state index contributed by atoms with van der Waals surface area (Å²) >= 11 is 12.6. The number of nitrogens with one attached hydrogen (secondary N) is 1. The van der Waals surface area contributed by atoms with Crippen LogP contribution < -0.4 is 19.1 Å². The first-order chi connectivity index (χ1) is 19.6. The molecule has 1 aliphatic heterocycles. The molecule has 12 heteroatoms. The van der Waals surface area contributed by atoms with Crippen LogP contribution in [-0.2, 0) is 26.2 Å². The van der Waals surface area contributed by atoms with Crippen LogP contribution >= 0.6 is 23.2 Å². The number of hydrogen-bond donors (Lipinski definition) is 1. The largest absolute Gasteiger partial charge is 0.486 e. The van der Waals surface area contributed by atoms with Crippen LogP contribution in [0.1, 0.15) is 57.9 Å². The molecule has 2 aromatic carbocycles. The third kappa shape index (κ3) is 7.78. The molecule has 0 saturated heterocycles. The first-order valence-corrected chi connectivity index (χ1v) is 16.4. The van der Waals surface area contributed by atoms with Gasteiger partial charge in [-0.15, -0.1) is 0 Å². The fraction of sp³-hybridized carbons (Fsp3) is 0.517. The summed E-state index contributed by atoms with van der Waals surface area (Å²) in [7, 11) is -3.89. The van der Waals surface area contributed by atoms with E-state index >= 15 is 0 Å². The van der Waals surface area contributed by atoms with E-state index < -0.39 is 28.5 Å². The average Bonchev–Trinajstić information content (AvgIpc) is 2.97. The van der Waals surface area contributed by atoms with Crippen molar-refractivity contribution >= 4 is 50.7 Å². The minimum atomic E-state index is -3.89. The molecule has 1 atom stereocenters. The molecule has 0 aromatic heterocycles. The summed E-state index contributed by atoms with van der Waals surface area (Å²) < 4.78 is 38.9. The van der Waals surface area contributed by atoms with Crippen molar-refractivity contribution in [3.05, 3.63) is 52.0 Å². The van der Waals surface area contributed by atoms with Gasteiger partial charge in [0.05, 0.1) is 11.4 Å². The van der Waals surface area contributed by atoms with Crippen molar-refractivity contribution in [2.45, 2.75) is 71.0 Å². The summed E-state index contributed by atoms with van der Waals surface area (Å²) in [5.41, 5.74) is 0.867. The van der Waals surface area contributed by atoms with Gasteiger partial charge in [-0.1, -0.05) is 55.5 Å². The molecule has 2 aliphatic rings. The van der Waals surface area contributed by atoms with Gasteiger partial charge in [-0.3, -0.25) is 13.9 Å². The van der Waals surface area contributed by atoms with E-state index in [-0.39, 0.29) is 29.9 Å². The Balaban J connectivity index is 1.66. The zero-order valence-corrected chi connectivity index (χ0v) is 25.7. The molecule has 0 bridgehead atoms. The second-order valence-electron chi connectivity index (χ2n) is 10.3. The van der Waals surface area contributed by atoms with Gasteiger partial charge in [0, 0.05) is 28.7 Å². The van der Waals surface area contributed by atoms with Crippen LogP contribution in [0.3, 0.4) is 0 Å². The predicted molar refractivity (Wildman–Crippen MR) is 160 cm³/mol. The third-order valence-corrected chi connectivity index (χ3v) is 9.81. The Hall–Kier alpha value is -2.69. The van der Waals surface area contributed by atoms with Gasteiger partial charge in [-0.25, -0.2) is 8.42 Å². The van der Waals surface area contributed by atoms with Crippen LogP contribution in [0.25, 0.3) is 0 Å². The molecule has 41 heavy (non-hydrogen) atoms. The molecule has 4 rings (SSSR count). The Bertz CT molecular complexity index is 1350. The van der Waals surface area contributed by atoms with Crippen molar-refractivity contribution in [1.82, 2.24) is 10.2 Å². The number of rotatable bonds is 11. The second-order valence-corrected chi connectivity index (χ2v) is 13.3. The van der Waals surface area contributed by atoms with Crippen molar-refractivity contribution in [3.8, 4) is 11.5 Å². The molecule has 1 saturated carbocycles. The number of nitrogens with zero attached hydrogens (tertiary/aromatic N) is 2. The number of carbonyl (C=O) groups excluding carboxylic acids is 2. The first-order valence-electron chi connectivity index (χ1n) is 14.1. The zero-order valence-electron chi connectivity index (χ0n) is 23.4. The van der Waals surface area contributed by atoms with Crippen LogP contribution in [0.15, 0.2) is 36.4 Å². The van der Waals surface area contributed by atoms with Gasteiger partial charge < -0.3 is 19.7 Å². The smallest absolute Gasteiger partial charge is 0.244 e. The van der Waals surface area contributed by atoms with Crippen molar-refractivity contribution in [2.75, 3.05) is 29.8 Å². The monoisotopic (exact) mass is 625 g/mol. The van der Waals surface area contributed by atoms with Crippen molar-refractivity contribution in [1.29, 1.82) is 0 Å². The highest BCUT2D eigenvalue weighted by Crippen LogP contribution is 2.35. The zero-order chi connectivity index (χ0) is 29.6. The van der Waals surface area contributed by atoms with E-state index in [0.29, 0.717) is 46.7 Å². The number of anilines is 1. The van der Waals surface area contributed by atoms with E-state index in [1.54, 1.807) is 36.4 Å². The molecule has 1 fully saturated rings. The molecule has 9 nitrogen and oxygen atoms in total. The molecule has 1 unspecified atom stereocenters. The molecule has 224 valence electrons. The first kappa shape index (κ1) is 31.3. The van der Waals surface area contributed by atoms with Crippen LogP contribution in [0.2, 0.25) is 10.0 Å². The summed E-state index contributed by atoms with van der Waals surface area (Å²) in [6, 6.07) is 8.94. The lowest BCUT2D eigenvalue weighted by atomic mass is 9.95. The maximum Gasteiger partial charge on any atom is 0.244 e. The number of ether oxygens (including phenoxy) is 2. The van der Waals surface area contributed by atoms with Crippen molar-refractivity contribution in [3.63, 3.8) is 0 Å². The number of halogens is 2. The summed E-state index contributed by atoms with van der Waals surface area (Å²) in [5, 5.41) is 3.92. The summed E-state index contributed by atoms with van der Waals surface area (Å²) in [4.78, 5) is 29.1. The van der Waals surface area contributed by atoms with E-state index in [1.165, 1.54) is 11.8 Å². The van der Waals surface area contributed by atoms with Gasteiger partial charge in [-0.05, 0) is 56.0 Å². The minimum Gasteiger partial charge on any atom is -0.486 e. The normalized spacial score (nSPS) is 16.1. The van der Waals surface area contributed by atoms with E-state index in [4.69, 9.17) is 32.7 Å². The van der Waals surface area contributed by atoms with Crippen molar-refractivity contribution < 1.29 is 27.5 Å². The van der Waals surface area contributed by atoms with Gasteiger partial charge >= 0.3 is 0 Å². The highest BCUT2D eigenvalue weighted by Gasteiger charge is 2.34. The fourth-order valence-electron chi connectivity index (χ4n) is 5.20. The minimum absolute atomic E-state index is 0.00653. The number of fused-ring (bicyclic) bond motifs is 1. The highest BCUT2D eigenvalue weighted by atomic mass is 35.5. The Morgan fingerprint density at radius 3 is 2.37 bits per heavy atom. The number of carbonyl (C=O) groups is 2. The molecule has 1 N–H and O–H groups in total. The molecule has 2 aromatic rings. The van der Waals surface area contributed by atoms with Crippen molar-refractivity contribution in [2.24, 2.45) is 0 Å². The number of amides is 2. The van der Waals surface area contributed by atoms with Crippen LogP contribution in [0, 0.1) is 0 Å². The summed E-state index contributed by atoms with van der Waals surface area (Å²) in [6.07, 6.45) is 5.36. The van der Waals surface area contributed by atoms with Gasteiger partial charge in [-0.2, -0.15) is 0 Å². The maximum absolute atomic E-state index is 14.1. The van der Waals surface area contributed by atoms with E-state index in [0.717, 1.165) is 36.4 Å². The Kier molecular flexibility index (Phi) is 10.7. The summed E-state index contributed by atoms with van der Waals surface area (Å²) in [5.74, 6) is -0.113. The maximum atomic E-state index is 14.1. The van der Waals surface area contributed by atoms with E-state index in [1.807, 2.05) is 6.92 Å². The highest BCUT2D eigenvalue weighted by molar-refractivity contribution is 7.92. The molecule has 1 heterocycles. The Morgan fingerprint density at radius 2 is 1.71 bits per heavy atom. The summed E-state index contributed by atoms with van der Waals surface area (Å²) in [6.45, 7) is 3.57. The lowest BCUT2D eigenvalue weighted by molar-refractivity contribution is -0.140. The predicted octanol–water partition coefficient (Wildman–Crippen LogP) is 5.18. The molecule has 0 spiro atoms. The number of benzene rings is 2. The third-order valence-electron chi connectivity index (χ3n) is 7.49. The number of sulfonamides is 1. The quantitative estimate of drug-likeness (QED) is 0.369. The average molecular weight is 627 g/mol. The van der Waals surface area contributed by atoms with Crippen LogP contribution in [0.5, 0.6) is 11.5 Å². The van der Waals surface area contributed by atoms with Gasteiger partial charge in [0.1, 0.15) is 25.8 Å². The van der Waals surface area contributed by atoms with Crippen LogP contribution in [-0.4, -0.2) is 62.7 Å². The van der Waals surface area contributed by atoms with Gasteiger partial charge in [0.15, 0.2) is 11.5 Å². The molecular weight excluding hydrogens is 589 g/mol. The lowest BCUT2D eigenvalue weighted by Crippen LogP contribution is -2.54. The van der Waals surface area contributed by atoms with E-state index in [9.17, 15) is 18.0 Å². The van der Waals surface area contributed by atoms with E-state index in [2.05, 4.69) is 5.32 Å². The lowest BCUT2D eigenvalue weighted by Gasteiger charge is -2.34. The Morgan fingerprint density at radius 1 is 1.00 bits per heavy atom. The molecule has 1 aliphatic carbocycles. The molecule has 0 radical (unpaired) electrons. The van der Waals surface area contributed by atoms with Gasteiger partial charge in [0.2, 0.25) is 21.8 Å². The molecular formula is C29H37Cl2N3O6S. The fourth-order valence-corrected chi connectivity index (χ4v) is 6.73. The van der Waals surface area contributed by atoms with Gasteiger partial charge in [0.25, 0.3) is 0 Å². The standard InChI is InChI=1S/C29H37Cl2N3O6S/c1-3-25(29(36)32-22-8-6-5-7-9-22)33(18-20-10-11-21(30)16-24(20)31)28(35)19-34(41(37,38)4-2)23-12-13-26-27(17-23)40-15-14-39-26/h10-13,16-17,22,25H,3-9,14-15,18-19H2,1-2H3,(H,32,36). The molecule has 2 amide bonds.